The van der Waals surface area contributed by atoms with Crippen LogP contribution in [0.25, 0.3) is 0 Å². The van der Waals surface area contributed by atoms with Crippen molar-refractivity contribution in [1.29, 1.82) is 0 Å². The van der Waals surface area contributed by atoms with Crippen molar-refractivity contribution in [3.63, 3.8) is 0 Å². The van der Waals surface area contributed by atoms with E-state index in [9.17, 15) is 0 Å². The number of aromatic nitrogens is 1. The predicted molar refractivity (Wildman–Crippen MR) is 63.2 cm³/mol. The number of ether oxygens (including phenoxy) is 1. The van der Waals surface area contributed by atoms with Crippen molar-refractivity contribution in [2.75, 3.05) is 7.11 Å². The molecule has 1 fully saturated rings. The summed E-state index contributed by atoms with van der Waals surface area (Å²) >= 11 is 1.78. The number of rotatable bonds is 3. The van der Waals surface area contributed by atoms with E-state index in [2.05, 4.69) is 11.9 Å². The highest BCUT2D eigenvalue weighted by Crippen LogP contribution is 2.37. The molecule has 3 heteroatoms. The second-order valence-corrected chi connectivity index (χ2v) is 5.63. The lowest BCUT2D eigenvalue weighted by molar-refractivity contribution is 0.0352. The lowest BCUT2D eigenvalue weighted by Crippen LogP contribution is -2.17. The third kappa shape index (κ3) is 2.58. The van der Waals surface area contributed by atoms with E-state index in [4.69, 9.17) is 4.74 Å². The Morgan fingerprint density at radius 1 is 1.40 bits per heavy atom. The Labute approximate surface area is 95.7 Å². The second-order valence-electron chi connectivity index (χ2n) is 4.36. The monoisotopic (exact) mass is 225 g/mol. The van der Waals surface area contributed by atoms with Gasteiger partial charge in [0.05, 0.1) is 0 Å². The third-order valence-corrected chi connectivity index (χ3v) is 4.19. The SMILES string of the molecule is COC(c1ncc(C)s1)C1CCCCC1. The number of aryl methyl sites for hydroxylation is 1. The van der Waals surface area contributed by atoms with Crippen molar-refractivity contribution < 1.29 is 4.74 Å². The molecule has 0 amide bonds. The summed E-state index contributed by atoms with van der Waals surface area (Å²) in [6, 6.07) is 0. The zero-order valence-corrected chi connectivity index (χ0v) is 10.3. The number of thiazole rings is 1. The predicted octanol–water partition coefficient (Wildman–Crippen LogP) is 3.72. The number of methoxy groups -OCH3 is 1. The van der Waals surface area contributed by atoms with Gasteiger partial charge in [0, 0.05) is 18.2 Å². The van der Waals surface area contributed by atoms with E-state index in [-0.39, 0.29) is 6.10 Å². The maximum Gasteiger partial charge on any atom is 0.122 e. The Morgan fingerprint density at radius 2 is 2.13 bits per heavy atom. The molecule has 0 saturated heterocycles. The minimum Gasteiger partial charge on any atom is -0.374 e. The minimum atomic E-state index is 0.240. The van der Waals surface area contributed by atoms with Crippen LogP contribution in [0.5, 0.6) is 0 Å². The van der Waals surface area contributed by atoms with E-state index in [1.165, 1.54) is 42.0 Å². The number of hydrogen-bond acceptors (Lipinski definition) is 3. The zero-order valence-electron chi connectivity index (χ0n) is 9.53. The van der Waals surface area contributed by atoms with Gasteiger partial charge in [-0.15, -0.1) is 11.3 Å². The van der Waals surface area contributed by atoms with Gasteiger partial charge in [0.25, 0.3) is 0 Å². The van der Waals surface area contributed by atoms with Gasteiger partial charge in [-0.25, -0.2) is 4.98 Å². The molecule has 0 N–H and O–H groups in total. The molecule has 1 atom stereocenters. The Morgan fingerprint density at radius 3 is 2.67 bits per heavy atom. The molecular formula is C12H19NOS. The summed E-state index contributed by atoms with van der Waals surface area (Å²) in [5.74, 6) is 0.689. The Hall–Kier alpha value is -0.410. The van der Waals surface area contributed by atoms with E-state index in [0.717, 1.165) is 0 Å². The molecule has 1 unspecified atom stereocenters. The summed E-state index contributed by atoms with van der Waals surface area (Å²) in [7, 11) is 1.82. The van der Waals surface area contributed by atoms with E-state index >= 15 is 0 Å². The molecule has 0 radical (unpaired) electrons. The van der Waals surface area contributed by atoms with Gasteiger partial charge in [0.2, 0.25) is 0 Å². The van der Waals surface area contributed by atoms with E-state index < -0.39 is 0 Å². The van der Waals surface area contributed by atoms with E-state index in [1.54, 1.807) is 11.3 Å². The van der Waals surface area contributed by atoms with Gasteiger partial charge in [-0.05, 0) is 25.7 Å². The van der Waals surface area contributed by atoms with Crippen LogP contribution >= 0.6 is 11.3 Å². The second kappa shape index (κ2) is 5.08. The van der Waals surface area contributed by atoms with Crippen LogP contribution in [0.4, 0.5) is 0 Å². The smallest absolute Gasteiger partial charge is 0.122 e. The fourth-order valence-corrected chi connectivity index (χ4v) is 3.38. The maximum absolute atomic E-state index is 5.64. The molecule has 1 saturated carbocycles. The Kier molecular flexibility index (Phi) is 3.76. The van der Waals surface area contributed by atoms with Crippen molar-refractivity contribution >= 4 is 11.3 Å². The molecular weight excluding hydrogens is 206 g/mol. The largest absolute Gasteiger partial charge is 0.374 e. The first-order chi connectivity index (χ1) is 7.31. The van der Waals surface area contributed by atoms with Gasteiger partial charge in [-0.2, -0.15) is 0 Å². The summed E-state index contributed by atoms with van der Waals surface area (Å²) in [4.78, 5) is 5.74. The number of nitrogens with zero attached hydrogens (tertiary/aromatic N) is 1. The summed E-state index contributed by atoms with van der Waals surface area (Å²) in [6.45, 7) is 2.11. The summed E-state index contributed by atoms with van der Waals surface area (Å²) in [5.41, 5.74) is 0. The lowest BCUT2D eigenvalue weighted by Gasteiger charge is -2.27. The van der Waals surface area contributed by atoms with Gasteiger partial charge in [-0.3, -0.25) is 0 Å². The fourth-order valence-electron chi connectivity index (χ4n) is 2.44. The van der Waals surface area contributed by atoms with Crippen LogP contribution < -0.4 is 0 Å². The highest BCUT2D eigenvalue weighted by atomic mass is 32.1. The minimum absolute atomic E-state index is 0.240. The van der Waals surface area contributed by atoms with Crippen LogP contribution in [0.1, 0.15) is 48.1 Å². The van der Waals surface area contributed by atoms with Crippen molar-refractivity contribution in [2.24, 2.45) is 5.92 Å². The fraction of sp³-hybridized carbons (Fsp3) is 0.750. The van der Waals surface area contributed by atoms with Crippen LogP contribution in [0, 0.1) is 12.8 Å². The van der Waals surface area contributed by atoms with Gasteiger partial charge < -0.3 is 4.74 Å². The van der Waals surface area contributed by atoms with Crippen molar-refractivity contribution in [3.05, 3.63) is 16.1 Å². The van der Waals surface area contributed by atoms with Gasteiger partial charge >= 0.3 is 0 Å². The van der Waals surface area contributed by atoms with E-state index in [1.807, 2.05) is 13.3 Å². The average molecular weight is 225 g/mol. The molecule has 2 rings (SSSR count). The quantitative estimate of drug-likeness (QED) is 0.782. The normalized spacial score (nSPS) is 20.4. The lowest BCUT2D eigenvalue weighted by atomic mass is 9.85. The topological polar surface area (TPSA) is 22.1 Å². The summed E-state index contributed by atoms with van der Waals surface area (Å²) in [6.07, 6.45) is 8.90. The Balaban J connectivity index is 2.08. The van der Waals surface area contributed by atoms with Crippen molar-refractivity contribution in [1.82, 2.24) is 4.98 Å². The third-order valence-electron chi connectivity index (χ3n) is 3.21. The molecule has 0 aliphatic heterocycles. The van der Waals surface area contributed by atoms with Gasteiger partial charge in [0.1, 0.15) is 11.1 Å². The molecule has 1 aliphatic carbocycles. The van der Waals surface area contributed by atoms with Crippen LogP contribution in [0.2, 0.25) is 0 Å². The highest BCUT2D eigenvalue weighted by Gasteiger charge is 2.26. The molecule has 0 bridgehead atoms. The molecule has 0 spiro atoms. The van der Waals surface area contributed by atoms with Crippen molar-refractivity contribution in [2.45, 2.75) is 45.1 Å². The van der Waals surface area contributed by atoms with Gasteiger partial charge in [-0.1, -0.05) is 19.3 Å². The molecule has 0 aromatic carbocycles. The Bertz CT molecular complexity index is 304. The maximum atomic E-state index is 5.64. The van der Waals surface area contributed by atoms with Crippen molar-refractivity contribution in [3.8, 4) is 0 Å². The summed E-state index contributed by atoms with van der Waals surface area (Å²) in [5, 5.41) is 1.17. The molecule has 1 aromatic rings. The summed E-state index contributed by atoms with van der Waals surface area (Å²) < 4.78 is 5.64. The van der Waals surface area contributed by atoms with Crippen LogP contribution in [-0.2, 0) is 4.74 Å². The first-order valence-corrected chi connectivity index (χ1v) is 6.58. The zero-order chi connectivity index (χ0) is 10.7. The highest BCUT2D eigenvalue weighted by molar-refractivity contribution is 7.11. The molecule has 2 nitrogen and oxygen atoms in total. The standard InChI is InChI=1S/C12H19NOS/c1-9-8-13-12(15-9)11(14-2)10-6-4-3-5-7-10/h8,10-11H,3-7H2,1-2H3. The van der Waals surface area contributed by atoms with Crippen LogP contribution in [-0.4, -0.2) is 12.1 Å². The average Bonchev–Trinajstić information content (AvgIpc) is 2.68. The van der Waals surface area contributed by atoms with Crippen LogP contribution in [0.15, 0.2) is 6.20 Å². The first-order valence-electron chi connectivity index (χ1n) is 5.76. The van der Waals surface area contributed by atoms with E-state index in [0.29, 0.717) is 5.92 Å². The molecule has 1 heterocycles. The molecule has 84 valence electrons. The van der Waals surface area contributed by atoms with Gasteiger partial charge in [0.15, 0.2) is 0 Å². The first kappa shape index (κ1) is 11.1. The molecule has 15 heavy (non-hydrogen) atoms. The molecule has 1 aromatic heterocycles. The number of hydrogen-bond donors (Lipinski definition) is 0. The van der Waals surface area contributed by atoms with Crippen LogP contribution in [0.3, 0.4) is 0 Å². The molecule has 1 aliphatic rings.